The number of alkyl halides is 3. The summed E-state index contributed by atoms with van der Waals surface area (Å²) in [4.78, 5) is 13.2. The van der Waals surface area contributed by atoms with Crippen molar-refractivity contribution in [3.8, 4) is 5.75 Å². The maximum absolute atomic E-state index is 12.0. The molecule has 0 heterocycles. The lowest BCUT2D eigenvalue weighted by Crippen LogP contribution is -2.30. The van der Waals surface area contributed by atoms with E-state index in [-0.39, 0.29) is 6.61 Å². The van der Waals surface area contributed by atoms with Crippen LogP contribution in [0.1, 0.15) is 12.8 Å². The maximum atomic E-state index is 12.0. The van der Waals surface area contributed by atoms with Crippen molar-refractivity contribution in [3.05, 3.63) is 24.3 Å². The molecule has 0 fully saturated rings. The number of nitrogens with zero attached hydrogens (tertiary/aromatic N) is 1. The van der Waals surface area contributed by atoms with Gasteiger partial charge in [-0.3, -0.25) is 4.79 Å². The van der Waals surface area contributed by atoms with E-state index in [0.29, 0.717) is 18.0 Å². The van der Waals surface area contributed by atoms with Gasteiger partial charge in [-0.25, -0.2) is 0 Å². The molecule has 1 atom stereocenters. The summed E-state index contributed by atoms with van der Waals surface area (Å²) in [5, 5.41) is 12.0. The Morgan fingerprint density at radius 3 is 2.43 bits per heavy atom. The summed E-state index contributed by atoms with van der Waals surface area (Å²) < 4.78 is 41.4. The second-order valence-corrected chi connectivity index (χ2v) is 5.41. The Morgan fingerprint density at radius 2 is 1.91 bits per heavy atom. The quantitative estimate of drug-likeness (QED) is 0.766. The number of nitrogens with one attached hydrogen (secondary N) is 1. The highest BCUT2D eigenvalue weighted by Gasteiger charge is 2.27. The standard InChI is InChI=1S/C15H21F3N2O3/c1-20(2)9-12(21)10-23-13-5-3-11(4-6-13)19-14(22)7-8-15(16,17)18/h3-6,12,21H,7-10H2,1-2H3,(H,19,22). The molecule has 0 spiro atoms. The van der Waals surface area contributed by atoms with E-state index in [0.717, 1.165) is 0 Å². The van der Waals surface area contributed by atoms with Gasteiger partial charge in [0.1, 0.15) is 18.5 Å². The zero-order valence-electron chi connectivity index (χ0n) is 13.1. The van der Waals surface area contributed by atoms with Crippen LogP contribution in [0, 0.1) is 0 Å². The molecule has 1 aromatic rings. The van der Waals surface area contributed by atoms with Crippen LogP contribution in [0.3, 0.4) is 0 Å². The van der Waals surface area contributed by atoms with E-state index in [1.165, 1.54) is 12.1 Å². The average Bonchev–Trinajstić information content (AvgIpc) is 2.43. The van der Waals surface area contributed by atoms with Crippen molar-refractivity contribution in [2.45, 2.75) is 25.1 Å². The summed E-state index contributed by atoms with van der Waals surface area (Å²) in [5.41, 5.74) is 0.387. The number of ether oxygens (including phenoxy) is 1. The third-order valence-corrected chi connectivity index (χ3v) is 2.79. The number of amides is 1. The van der Waals surface area contributed by atoms with Crippen molar-refractivity contribution < 1.29 is 27.8 Å². The van der Waals surface area contributed by atoms with Crippen molar-refractivity contribution in [1.82, 2.24) is 4.90 Å². The molecule has 0 bridgehead atoms. The normalized spacial score (nSPS) is 13.0. The molecule has 8 heteroatoms. The molecule has 0 aliphatic carbocycles. The van der Waals surface area contributed by atoms with Gasteiger partial charge < -0.3 is 20.1 Å². The van der Waals surface area contributed by atoms with E-state index in [1.807, 2.05) is 19.0 Å². The van der Waals surface area contributed by atoms with E-state index in [1.54, 1.807) is 12.1 Å². The predicted octanol–water partition coefficient (Wildman–Crippen LogP) is 2.27. The first-order valence-electron chi connectivity index (χ1n) is 7.08. The van der Waals surface area contributed by atoms with Crippen LogP contribution in [0.15, 0.2) is 24.3 Å². The van der Waals surface area contributed by atoms with Crippen LogP contribution >= 0.6 is 0 Å². The van der Waals surface area contributed by atoms with E-state index < -0.39 is 31.0 Å². The maximum Gasteiger partial charge on any atom is 0.389 e. The topological polar surface area (TPSA) is 61.8 Å². The molecule has 0 radical (unpaired) electrons. The van der Waals surface area contributed by atoms with E-state index in [2.05, 4.69) is 5.32 Å². The third kappa shape index (κ3) is 9.04. The Balaban J connectivity index is 2.40. The summed E-state index contributed by atoms with van der Waals surface area (Å²) >= 11 is 0. The lowest BCUT2D eigenvalue weighted by Gasteiger charge is -2.16. The number of aliphatic hydroxyl groups is 1. The second-order valence-electron chi connectivity index (χ2n) is 5.41. The molecule has 2 N–H and O–H groups in total. The lowest BCUT2D eigenvalue weighted by molar-refractivity contribution is -0.142. The minimum atomic E-state index is -4.34. The monoisotopic (exact) mass is 334 g/mol. The molecular weight excluding hydrogens is 313 g/mol. The van der Waals surface area contributed by atoms with Crippen molar-refractivity contribution in [3.63, 3.8) is 0 Å². The van der Waals surface area contributed by atoms with Crippen LogP contribution in [0.2, 0.25) is 0 Å². The predicted molar refractivity (Wildman–Crippen MR) is 80.4 cm³/mol. The largest absolute Gasteiger partial charge is 0.491 e. The van der Waals surface area contributed by atoms with Gasteiger partial charge in [0.25, 0.3) is 0 Å². The number of hydrogen-bond acceptors (Lipinski definition) is 4. The van der Waals surface area contributed by atoms with E-state index in [9.17, 15) is 23.1 Å². The summed E-state index contributed by atoms with van der Waals surface area (Å²) in [6, 6.07) is 6.20. The number of carbonyl (C=O) groups is 1. The summed E-state index contributed by atoms with van der Waals surface area (Å²) in [7, 11) is 3.67. The fourth-order valence-corrected chi connectivity index (χ4v) is 1.78. The van der Waals surface area contributed by atoms with Gasteiger partial charge in [-0.2, -0.15) is 13.2 Å². The Morgan fingerprint density at radius 1 is 1.30 bits per heavy atom. The molecule has 130 valence electrons. The van der Waals surface area contributed by atoms with Gasteiger partial charge in [0.05, 0.1) is 6.42 Å². The number of halogens is 3. The minimum Gasteiger partial charge on any atom is -0.491 e. The molecule has 1 unspecified atom stereocenters. The Kier molecular flexibility index (Phi) is 7.31. The number of benzene rings is 1. The van der Waals surface area contributed by atoms with Crippen molar-refractivity contribution in [2.24, 2.45) is 0 Å². The molecule has 0 saturated heterocycles. The smallest absolute Gasteiger partial charge is 0.389 e. The van der Waals surface area contributed by atoms with E-state index >= 15 is 0 Å². The number of likely N-dealkylation sites (N-methyl/N-ethyl adjacent to an activating group) is 1. The SMILES string of the molecule is CN(C)CC(O)COc1ccc(NC(=O)CCC(F)(F)F)cc1. The molecule has 1 aromatic carbocycles. The molecule has 1 amide bonds. The number of aliphatic hydroxyl groups excluding tert-OH is 1. The summed E-state index contributed by atoms with van der Waals surface area (Å²) in [5.74, 6) is -0.200. The number of rotatable bonds is 8. The molecule has 1 rings (SSSR count). The fraction of sp³-hybridized carbons (Fsp3) is 0.533. The van der Waals surface area contributed by atoms with Crippen molar-refractivity contribution in [1.29, 1.82) is 0 Å². The number of carbonyl (C=O) groups excluding carboxylic acids is 1. The number of anilines is 1. The highest BCUT2D eigenvalue weighted by atomic mass is 19.4. The zero-order chi connectivity index (χ0) is 17.5. The molecule has 0 aliphatic rings. The third-order valence-electron chi connectivity index (χ3n) is 2.79. The first-order valence-corrected chi connectivity index (χ1v) is 7.08. The average molecular weight is 334 g/mol. The second kappa shape index (κ2) is 8.73. The Labute approximate surface area is 133 Å². The van der Waals surface area contributed by atoms with Gasteiger partial charge in [-0.15, -0.1) is 0 Å². The summed E-state index contributed by atoms with van der Waals surface area (Å²) in [6.45, 7) is 0.586. The van der Waals surface area contributed by atoms with Gasteiger partial charge in [0, 0.05) is 18.7 Å². The number of hydrogen-bond donors (Lipinski definition) is 2. The molecule has 5 nitrogen and oxygen atoms in total. The van der Waals surface area contributed by atoms with Crippen molar-refractivity contribution in [2.75, 3.05) is 32.6 Å². The van der Waals surface area contributed by atoms with Crippen LogP contribution < -0.4 is 10.1 Å². The first kappa shape index (κ1) is 19.2. The van der Waals surface area contributed by atoms with Gasteiger partial charge in [-0.1, -0.05) is 0 Å². The lowest BCUT2D eigenvalue weighted by atomic mass is 10.2. The highest BCUT2D eigenvalue weighted by Crippen LogP contribution is 2.22. The molecule has 0 aliphatic heterocycles. The Bertz CT molecular complexity index is 490. The molecular formula is C15H21F3N2O3. The van der Waals surface area contributed by atoms with Gasteiger partial charge in [0.15, 0.2) is 0 Å². The Hall–Kier alpha value is -1.80. The first-order chi connectivity index (χ1) is 10.7. The molecule has 0 aromatic heterocycles. The zero-order valence-corrected chi connectivity index (χ0v) is 13.1. The fourth-order valence-electron chi connectivity index (χ4n) is 1.78. The van der Waals surface area contributed by atoms with Gasteiger partial charge in [0.2, 0.25) is 5.91 Å². The van der Waals surface area contributed by atoms with Gasteiger partial charge in [-0.05, 0) is 38.4 Å². The van der Waals surface area contributed by atoms with Crippen LogP contribution in [-0.2, 0) is 4.79 Å². The minimum absolute atomic E-state index is 0.121. The van der Waals surface area contributed by atoms with Crippen LogP contribution in [0.25, 0.3) is 0 Å². The highest BCUT2D eigenvalue weighted by molar-refractivity contribution is 5.90. The summed E-state index contributed by atoms with van der Waals surface area (Å²) in [6.07, 6.45) is -6.74. The molecule has 23 heavy (non-hydrogen) atoms. The van der Waals surface area contributed by atoms with E-state index in [4.69, 9.17) is 4.74 Å². The van der Waals surface area contributed by atoms with Crippen LogP contribution in [0.5, 0.6) is 5.75 Å². The van der Waals surface area contributed by atoms with Gasteiger partial charge >= 0.3 is 6.18 Å². The molecule has 0 saturated carbocycles. The van der Waals surface area contributed by atoms with Crippen LogP contribution in [0.4, 0.5) is 18.9 Å². The van der Waals surface area contributed by atoms with Crippen molar-refractivity contribution >= 4 is 11.6 Å². The van der Waals surface area contributed by atoms with Crippen LogP contribution in [-0.4, -0.2) is 55.4 Å².